The Kier molecular flexibility index (Phi) is 4.21. The zero-order valence-electron chi connectivity index (χ0n) is 14.7. The first-order valence-electron chi connectivity index (χ1n) is 8.80. The van der Waals surface area contributed by atoms with Gasteiger partial charge < -0.3 is 10.2 Å². The number of carbonyl (C=O) groups excluding carboxylic acids is 2. The van der Waals surface area contributed by atoms with Crippen molar-refractivity contribution in [2.24, 2.45) is 0 Å². The topological polar surface area (TPSA) is 52.7 Å². The minimum absolute atomic E-state index is 0.0108. The van der Waals surface area contributed by atoms with E-state index in [1.54, 1.807) is 11.9 Å². The van der Waals surface area contributed by atoms with E-state index in [0.29, 0.717) is 18.7 Å². The van der Waals surface area contributed by atoms with Crippen molar-refractivity contribution < 1.29 is 9.59 Å². The van der Waals surface area contributed by atoms with E-state index in [9.17, 15) is 9.59 Å². The highest BCUT2D eigenvalue weighted by atomic mass is 16.2. The summed E-state index contributed by atoms with van der Waals surface area (Å²) >= 11 is 0. The Morgan fingerprint density at radius 1 is 1.00 bits per heavy atom. The summed E-state index contributed by atoms with van der Waals surface area (Å²) in [5.41, 5.74) is 3.62. The summed E-state index contributed by atoms with van der Waals surface area (Å²) in [6.07, 6.45) is 0.800. The van der Waals surface area contributed by atoms with Crippen molar-refractivity contribution in [2.75, 3.05) is 20.1 Å². The second-order valence-electron chi connectivity index (χ2n) is 6.67. The van der Waals surface area contributed by atoms with Gasteiger partial charge in [-0.2, -0.15) is 0 Å². The van der Waals surface area contributed by atoms with E-state index in [2.05, 4.69) is 17.4 Å². The molecule has 0 fully saturated rings. The highest BCUT2D eigenvalue weighted by Gasteiger charge is 2.42. The van der Waals surface area contributed by atoms with Crippen molar-refractivity contribution in [3.8, 4) is 0 Å². The third-order valence-corrected chi connectivity index (χ3v) is 5.08. The quantitative estimate of drug-likeness (QED) is 0.925. The Morgan fingerprint density at radius 2 is 1.65 bits per heavy atom. The summed E-state index contributed by atoms with van der Waals surface area (Å²) < 4.78 is 0. The normalized spacial score (nSPS) is 19.7. The number of carbonyl (C=O) groups is 2. The molecule has 132 valence electrons. The van der Waals surface area contributed by atoms with E-state index >= 15 is 0 Å². The van der Waals surface area contributed by atoms with E-state index in [1.165, 1.54) is 5.56 Å². The van der Waals surface area contributed by atoms with E-state index in [0.717, 1.165) is 17.7 Å². The Labute approximate surface area is 152 Å². The van der Waals surface area contributed by atoms with Crippen molar-refractivity contribution in [3.63, 3.8) is 0 Å². The van der Waals surface area contributed by atoms with Gasteiger partial charge in [0.25, 0.3) is 5.91 Å². The third-order valence-electron chi connectivity index (χ3n) is 5.08. The molecule has 0 aromatic heterocycles. The largest absolute Gasteiger partial charge is 0.333 e. The molecule has 0 spiro atoms. The Hall–Kier alpha value is -3.08. The van der Waals surface area contributed by atoms with Crippen LogP contribution in [0.1, 0.15) is 17.2 Å². The van der Waals surface area contributed by atoms with Gasteiger partial charge in [0.05, 0.1) is 23.9 Å². The molecular formula is C21H21N3O2. The molecule has 2 aromatic carbocycles. The molecule has 2 aliphatic rings. The van der Waals surface area contributed by atoms with Gasteiger partial charge >= 0.3 is 6.03 Å². The lowest BCUT2D eigenvalue weighted by molar-refractivity contribution is -0.125. The highest BCUT2D eigenvalue weighted by Crippen LogP contribution is 2.35. The number of benzene rings is 2. The zero-order valence-corrected chi connectivity index (χ0v) is 14.7. The van der Waals surface area contributed by atoms with Crippen LogP contribution in [0.15, 0.2) is 71.9 Å². The third kappa shape index (κ3) is 2.86. The lowest BCUT2D eigenvalue weighted by Gasteiger charge is -2.31. The summed E-state index contributed by atoms with van der Waals surface area (Å²) in [6, 6.07) is 19.2. The van der Waals surface area contributed by atoms with Gasteiger partial charge in [0, 0.05) is 13.6 Å². The van der Waals surface area contributed by atoms with E-state index in [4.69, 9.17) is 0 Å². The standard InChI is InChI=1S/C21H21N3O2/c1-23-17-14-24(13-12-15-8-4-2-5-9-15)20(25)18(17)19(22-21(23)26)16-10-6-3-7-11-16/h2-11,19H,12-14H2,1H3,(H,22,26)/t19-/m1/s1. The van der Waals surface area contributed by atoms with Crippen molar-refractivity contribution in [3.05, 3.63) is 83.1 Å². The molecule has 5 nitrogen and oxygen atoms in total. The Morgan fingerprint density at radius 3 is 2.35 bits per heavy atom. The molecule has 2 aromatic rings. The van der Waals surface area contributed by atoms with E-state index in [-0.39, 0.29) is 18.0 Å². The van der Waals surface area contributed by atoms with Crippen LogP contribution in [0.5, 0.6) is 0 Å². The first kappa shape index (κ1) is 16.4. The van der Waals surface area contributed by atoms with Gasteiger partial charge in [0.15, 0.2) is 0 Å². The van der Waals surface area contributed by atoms with Crippen molar-refractivity contribution in [2.45, 2.75) is 12.5 Å². The van der Waals surface area contributed by atoms with E-state index < -0.39 is 0 Å². The molecule has 4 rings (SSSR count). The van der Waals surface area contributed by atoms with Gasteiger partial charge in [-0.05, 0) is 17.5 Å². The SMILES string of the molecule is CN1C(=O)N[C@H](c2ccccc2)C2=C1CN(CCc1ccccc1)C2=O. The lowest BCUT2D eigenvalue weighted by Crippen LogP contribution is -2.45. The van der Waals surface area contributed by atoms with Crippen LogP contribution in [0.3, 0.4) is 0 Å². The maximum Gasteiger partial charge on any atom is 0.322 e. The predicted molar refractivity (Wildman–Crippen MR) is 99.2 cm³/mol. The van der Waals surface area contributed by atoms with Crippen LogP contribution >= 0.6 is 0 Å². The fraction of sp³-hybridized carbons (Fsp3) is 0.238. The van der Waals surface area contributed by atoms with Gasteiger partial charge in [-0.15, -0.1) is 0 Å². The molecule has 1 atom stereocenters. The minimum atomic E-state index is -0.385. The molecular weight excluding hydrogens is 326 g/mol. The number of nitrogens with zero attached hydrogens (tertiary/aromatic N) is 2. The maximum atomic E-state index is 13.1. The first-order valence-corrected chi connectivity index (χ1v) is 8.80. The van der Waals surface area contributed by atoms with Gasteiger partial charge in [-0.3, -0.25) is 9.69 Å². The highest BCUT2D eigenvalue weighted by molar-refractivity contribution is 6.01. The van der Waals surface area contributed by atoms with Crippen LogP contribution in [0.25, 0.3) is 0 Å². The number of rotatable bonds is 4. The minimum Gasteiger partial charge on any atom is -0.333 e. The summed E-state index contributed by atoms with van der Waals surface area (Å²) in [6.45, 7) is 1.12. The van der Waals surface area contributed by atoms with Gasteiger partial charge in [-0.25, -0.2) is 4.79 Å². The Balaban J connectivity index is 1.59. The van der Waals surface area contributed by atoms with Crippen LogP contribution in [0.4, 0.5) is 4.79 Å². The summed E-state index contributed by atoms with van der Waals surface area (Å²) in [5.74, 6) is 0.0108. The molecule has 2 heterocycles. The Bertz CT molecular complexity index is 861. The molecule has 2 aliphatic heterocycles. The zero-order chi connectivity index (χ0) is 18.1. The summed E-state index contributed by atoms with van der Waals surface area (Å²) in [5, 5.41) is 2.96. The van der Waals surface area contributed by atoms with Crippen molar-refractivity contribution >= 4 is 11.9 Å². The number of nitrogens with one attached hydrogen (secondary N) is 1. The smallest absolute Gasteiger partial charge is 0.322 e. The van der Waals surface area contributed by atoms with Crippen molar-refractivity contribution in [1.29, 1.82) is 0 Å². The van der Waals surface area contributed by atoms with Crippen molar-refractivity contribution in [1.82, 2.24) is 15.1 Å². The molecule has 0 unspecified atom stereocenters. The number of hydrogen-bond donors (Lipinski definition) is 1. The number of urea groups is 1. The maximum absolute atomic E-state index is 13.1. The predicted octanol–water partition coefficient (Wildman–Crippen LogP) is 2.72. The average molecular weight is 347 g/mol. The van der Waals surface area contributed by atoms with Crippen LogP contribution < -0.4 is 5.32 Å². The second kappa shape index (κ2) is 6.67. The van der Waals surface area contributed by atoms with Gasteiger partial charge in [0.1, 0.15) is 0 Å². The summed E-state index contributed by atoms with van der Waals surface area (Å²) in [7, 11) is 1.72. The van der Waals surface area contributed by atoms with Gasteiger partial charge in [-0.1, -0.05) is 60.7 Å². The molecule has 0 saturated carbocycles. The number of hydrogen-bond acceptors (Lipinski definition) is 2. The number of amides is 3. The van der Waals surface area contributed by atoms with E-state index in [1.807, 2.05) is 53.4 Å². The fourth-order valence-corrected chi connectivity index (χ4v) is 3.61. The second-order valence-corrected chi connectivity index (χ2v) is 6.67. The average Bonchev–Trinajstić information content (AvgIpc) is 3.01. The number of likely N-dealkylation sites (N-methyl/N-ethyl adjacent to an activating group) is 1. The fourth-order valence-electron chi connectivity index (χ4n) is 3.61. The van der Waals surface area contributed by atoms with Crippen LogP contribution in [0, 0.1) is 0 Å². The lowest BCUT2D eigenvalue weighted by atomic mass is 9.96. The molecule has 26 heavy (non-hydrogen) atoms. The molecule has 0 aliphatic carbocycles. The first-order chi connectivity index (χ1) is 12.6. The molecule has 1 N–H and O–H groups in total. The van der Waals surface area contributed by atoms with Crippen LogP contribution in [-0.2, 0) is 11.2 Å². The molecule has 3 amide bonds. The summed E-state index contributed by atoms with van der Waals surface area (Å²) in [4.78, 5) is 28.9. The molecule has 0 radical (unpaired) electrons. The molecule has 0 bridgehead atoms. The van der Waals surface area contributed by atoms with Crippen LogP contribution in [-0.4, -0.2) is 41.9 Å². The van der Waals surface area contributed by atoms with Gasteiger partial charge in [0.2, 0.25) is 0 Å². The molecule has 5 heteroatoms. The molecule has 0 saturated heterocycles. The monoisotopic (exact) mass is 347 g/mol. The van der Waals surface area contributed by atoms with Crippen LogP contribution in [0.2, 0.25) is 0 Å².